The molecule has 0 heterocycles. The molecule has 2 heteroatoms. The molecule has 0 saturated heterocycles. The van der Waals surface area contributed by atoms with Crippen molar-refractivity contribution in [1.82, 2.24) is 0 Å². The van der Waals surface area contributed by atoms with Crippen LogP contribution in [-0.4, -0.2) is 17.0 Å². The maximum absolute atomic E-state index is 2.48. The van der Waals surface area contributed by atoms with E-state index in [0.29, 0.717) is 0 Å². The van der Waals surface area contributed by atoms with Crippen molar-refractivity contribution in [2.24, 2.45) is 0 Å². The first-order valence-corrected chi connectivity index (χ1v) is 10.2. The third kappa shape index (κ3) is 1.92. The fourth-order valence-electron chi connectivity index (χ4n) is 0.472. The number of halogens is 1. The van der Waals surface area contributed by atoms with E-state index < -0.39 is 0 Å². The summed E-state index contributed by atoms with van der Waals surface area (Å²) in [4.78, 5) is 0. The molecule has 1 aromatic rings. The summed E-state index contributed by atoms with van der Waals surface area (Å²) in [6.45, 7) is 0. The molecule has 42 valence electrons. The van der Waals surface area contributed by atoms with Gasteiger partial charge in [0.05, 0.1) is 0 Å². The Morgan fingerprint density at radius 2 is 1.75 bits per heavy atom. The standard InChI is InChI=1S/C6H5ITe/c7-8-6-4-2-1-3-5-6/h1-5H. The Balaban J connectivity index is 2.83. The summed E-state index contributed by atoms with van der Waals surface area (Å²) in [6.07, 6.45) is 0. The third-order valence-electron chi connectivity index (χ3n) is 0.832. The Morgan fingerprint density at radius 1 is 1.12 bits per heavy atom. The van der Waals surface area contributed by atoms with E-state index in [9.17, 15) is 0 Å². The summed E-state index contributed by atoms with van der Waals surface area (Å²) in [5.74, 6) is 0. The molecule has 0 saturated carbocycles. The van der Waals surface area contributed by atoms with Crippen LogP contribution in [0.1, 0.15) is 0 Å². The van der Waals surface area contributed by atoms with Gasteiger partial charge >= 0.3 is 69.6 Å². The fraction of sp³-hybridized carbons (Fsp3) is 0. The van der Waals surface area contributed by atoms with Gasteiger partial charge in [0.25, 0.3) is 0 Å². The SMILES string of the molecule is I[Te]c1ccccc1. The summed E-state index contributed by atoms with van der Waals surface area (Å²) in [6, 6.07) is 10.6. The first kappa shape index (κ1) is 6.85. The molecule has 0 aliphatic heterocycles. The first-order chi connectivity index (χ1) is 3.93. The van der Waals surface area contributed by atoms with Crippen molar-refractivity contribution < 1.29 is 0 Å². The van der Waals surface area contributed by atoms with Gasteiger partial charge in [0, 0.05) is 0 Å². The van der Waals surface area contributed by atoms with Crippen molar-refractivity contribution >= 4 is 39.3 Å². The van der Waals surface area contributed by atoms with Crippen LogP contribution in [0.15, 0.2) is 30.3 Å². The predicted molar refractivity (Wildman–Crippen MR) is 45.9 cm³/mol. The second-order valence-electron chi connectivity index (χ2n) is 1.39. The van der Waals surface area contributed by atoms with Crippen molar-refractivity contribution in [3.05, 3.63) is 30.3 Å². The van der Waals surface area contributed by atoms with E-state index in [1.54, 1.807) is 0 Å². The van der Waals surface area contributed by atoms with Crippen molar-refractivity contribution in [2.45, 2.75) is 0 Å². The Kier molecular flexibility index (Phi) is 3.18. The van der Waals surface area contributed by atoms with Gasteiger partial charge in [0.15, 0.2) is 0 Å². The number of hydrogen-bond acceptors (Lipinski definition) is 0. The molecule has 0 spiro atoms. The van der Waals surface area contributed by atoms with Crippen LogP contribution in [0.3, 0.4) is 0 Å². The summed E-state index contributed by atoms with van der Waals surface area (Å²) in [5.41, 5.74) is 0. The molecule has 0 unspecified atom stereocenters. The summed E-state index contributed by atoms with van der Waals surface area (Å²) < 4.78 is 1.53. The van der Waals surface area contributed by atoms with Crippen LogP contribution in [0.2, 0.25) is 0 Å². The Morgan fingerprint density at radius 3 is 2.12 bits per heavy atom. The summed E-state index contributed by atoms with van der Waals surface area (Å²) >= 11 is 2.61. The zero-order valence-electron chi connectivity index (χ0n) is 4.17. The quantitative estimate of drug-likeness (QED) is 0.539. The topological polar surface area (TPSA) is 0 Å². The summed E-state index contributed by atoms with van der Waals surface area (Å²) in [5, 5.41) is 0. The van der Waals surface area contributed by atoms with Crippen molar-refractivity contribution in [1.29, 1.82) is 0 Å². The first-order valence-electron chi connectivity index (χ1n) is 2.27. The number of rotatable bonds is 1. The molecule has 0 amide bonds. The predicted octanol–water partition coefficient (Wildman–Crippen LogP) is 1.37. The average molecular weight is 332 g/mol. The molecule has 0 aliphatic carbocycles. The van der Waals surface area contributed by atoms with E-state index in [1.165, 1.54) is 3.61 Å². The van der Waals surface area contributed by atoms with Crippen LogP contribution >= 0.6 is 18.7 Å². The number of hydrogen-bond donors (Lipinski definition) is 0. The number of benzene rings is 1. The normalized spacial score (nSPS) is 9.12. The van der Waals surface area contributed by atoms with E-state index in [4.69, 9.17) is 0 Å². The molecule has 0 aromatic heterocycles. The summed E-state index contributed by atoms with van der Waals surface area (Å²) in [7, 11) is 0. The molecular weight excluding hydrogens is 327 g/mol. The van der Waals surface area contributed by atoms with Gasteiger partial charge in [-0.15, -0.1) is 0 Å². The maximum atomic E-state index is 2.48. The van der Waals surface area contributed by atoms with Gasteiger partial charge in [-0.1, -0.05) is 0 Å². The van der Waals surface area contributed by atoms with Crippen LogP contribution in [0, 0.1) is 0 Å². The van der Waals surface area contributed by atoms with Crippen LogP contribution in [0.5, 0.6) is 0 Å². The van der Waals surface area contributed by atoms with Crippen LogP contribution in [-0.2, 0) is 0 Å². The van der Waals surface area contributed by atoms with Crippen molar-refractivity contribution in [3.8, 4) is 0 Å². The van der Waals surface area contributed by atoms with E-state index in [1.807, 2.05) is 0 Å². The molecule has 8 heavy (non-hydrogen) atoms. The zero-order valence-corrected chi connectivity index (χ0v) is 8.66. The molecule has 0 bridgehead atoms. The molecule has 0 fully saturated rings. The van der Waals surface area contributed by atoms with Gasteiger partial charge in [-0.2, -0.15) is 0 Å². The van der Waals surface area contributed by atoms with Gasteiger partial charge in [-0.3, -0.25) is 0 Å². The second kappa shape index (κ2) is 3.71. The Bertz CT molecular complexity index is 150. The molecule has 0 nitrogen and oxygen atoms in total. The van der Waals surface area contributed by atoms with Crippen molar-refractivity contribution in [3.63, 3.8) is 0 Å². The monoisotopic (exact) mass is 334 g/mol. The third-order valence-corrected chi connectivity index (χ3v) is 5.53. The van der Waals surface area contributed by atoms with Gasteiger partial charge in [0.2, 0.25) is 0 Å². The average Bonchev–Trinajstić information content (AvgIpc) is 1.90. The van der Waals surface area contributed by atoms with E-state index in [0.717, 1.165) is 0 Å². The molecule has 0 N–H and O–H groups in total. The molecule has 0 atom stereocenters. The molecule has 1 rings (SSSR count). The van der Waals surface area contributed by atoms with Gasteiger partial charge in [0.1, 0.15) is 0 Å². The molecular formula is C6H5ITe. The fourth-order valence-corrected chi connectivity index (χ4v) is 3.18. The Labute approximate surface area is 69.0 Å². The van der Waals surface area contributed by atoms with Gasteiger partial charge < -0.3 is 0 Å². The minimum absolute atomic E-state index is 0.128. The van der Waals surface area contributed by atoms with E-state index in [-0.39, 0.29) is 17.0 Å². The zero-order chi connectivity index (χ0) is 5.82. The van der Waals surface area contributed by atoms with Crippen LogP contribution in [0.4, 0.5) is 0 Å². The molecule has 0 aliphatic rings. The molecule has 0 radical (unpaired) electrons. The Hall–Kier alpha value is 0.740. The van der Waals surface area contributed by atoms with Crippen LogP contribution < -0.4 is 3.61 Å². The van der Waals surface area contributed by atoms with E-state index >= 15 is 0 Å². The van der Waals surface area contributed by atoms with Gasteiger partial charge in [-0.05, 0) is 0 Å². The second-order valence-corrected chi connectivity index (χ2v) is 6.13. The molecule has 1 aromatic carbocycles. The van der Waals surface area contributed by atoms with Crippen LogP contribution in [0.25, 0.3) is 0 Å². The van der Waals surface area contributed by atoms with Crippen molar-refractivity contribution in [2.75, 3.05) is 0 Å². The van der Waals surface area contributed by atoms with Gasteiger partial charge in [-0.25, -0.2) is 0 Å². The minimum atomic E-state index is 0.128. The van der Waals surface area contributed by atoms with E-state index in [2.05, 4.69) is 49.0 Å².